The van der Waals surface area contributed by atoms with Gasteiger partial charge in [-0.1, -0.05) is 0 Å². The van der Waals surface area contributed by atoms with Crippen LogP contribution in [0.4, 0.5) is 5.69 Å². The van der Waals surface area contributed by atoms with Crippen molar-refractivity contribution >= 4 is 18.2 Å². The fourth-order valence-corrected chi connectivity index (χ4v) is 0.760. The second kappa shape index (κ2) is 4.82. The Morgan fingerprint density at radius 1 is 1.54 bits per heavy atom. The summed E-state index contributed by atoms with van der Waals surface area (Å²) in [4.78, 5) is 18.2. The first-order valence-corrected chi connectivity index (χ1v) is 3.69. The number of rotatable bonds is 3. The number of pyridine rings is 1. The van der Waals surface area contributed by atoms with Crippen molar-refractivity contribution in [2.24, 2.45) is 10.7 Å². The minimum Gasteiger partial charge on any atom is -0.405 e. The summed E-state index contributed by atoms with van der Waals surface area (Å²) < 4.78 is 0. The summed E-state index contributed by atoms with van der Waals surface area (Å²) in [6.07, 6.45) is 6.73. The van der Waals surface area contributed by atoms with Crippen LogP contribution in [0.5, 0.6) is 0 Å². The van der Waals surface area contributed by atoms with Crippen molar-refractivity contribution in [1.82, 2.24) is 4.98 Å². The zero-order chi connectivity index (χ0) is 9.52. The second-order valence-corrected chi connectivity index (χ2v) is 2.22. The van der Waals surface area contributed by atoms with Gasteiger partial charge in [0.25, 0.3) is 0 Å². The number of aliphatic imine (C=N–C) groups is 1. The van der Waals surface area contributed by atoms with Crippen molar-refractivity contribution in [1.29, 1.82) is 0 Å². The zero-order valence-corrected chi connectivity index (χ0v) is 6.92. The number of hydrogen-bond donors (Lipinski definition) is 1. The smallest absolute Gasteiger partial charge is 0.168 e. The molecule has 4 heteroatoms. The van der Waals surface area contributed by atoms with Crippen molar-refractivity contribution in [3.05, 3.63) is 36.3 Å². The molecule has 0 aliphatic rings. The summed E-state index contributed by atoms with van der Waals surface area (Å²) >= 11 is 0. The van der Waals surface area contributed by atoms with Crippen LogP contribution in [-0.2, 0) is 0 Å². The molecule has 0 saturated heterocycles. The Hall–Kier alpha value is -1.97. The molecule has 1 rings (SSSR count). The molecule has 0 fully saturated rings. The highest BCUT2D eigenvalue weighted by molar-refractivity contribution is 5.77. The molecule has 1 aromatic heterocycles. The molecule has 66 valence electrons. The molecule has 0 bridgehead atoms. The lowest BCUT2D eigenvalue weighted by Crippen LogP contribution is -1.83. The van der Waals surface area contributed by atoms with E-state index in [1.807, 2.05) is 0 Å². The maximum atomic E-state index is 10.3. The molecule has 0 saturated carbocycles. The van der Waals surface area contributed by atoms with Gasteiger partial charge in [0.15, 0.2) is 6.29 Å². The molecule has 0 amide bonds. The van der Waals surface area contributed by atoms with Gasteiger partial charge in [0, 0.05) is 12.4 Å². The third-order valence-electron chi connectivity index (χ3n) is 1.31. The fraction of sp³-hybridized carbons (Fsp3) is 0. The first-order chi connectivity index (χ1) is 6.36. The molecule has 0 aromatic carbocycles. The minimum atomic E-state index is 0.367. The SMILES string of the molecule is NC=CC=Nc1ccnc(C=O)c1. The van der Waals surface area contributed by atoms with E-state index in [1.54, 1.807) is 24.4 Å². The van der Waals surface area contributed by atoms with Gasteiger partial charge in [-0.25, -0.2) is 0 Å². The van der Waals surface area contributed by atoms with Gasteiger partial charge in [0.1, 0.15) is 5.69 Å². The van der Waals surface area contributed by atoms with Crippen LogP contribution in [0.2, 0.25) is 0 Å². The molecule has 4 nitrogen and oxygen atoms in total. The largest absolute Gasteiger partial charge is 0.405 e. The third-order valence-corrected chi connectivity index (χ3v) is 1.31. The van der Waals surface area contributed by atoms with E-state index in [4.69, 9.17) is 5.73 Å². The van der Waals surface area contributed by atoms with Crippen LogP contribution in [0.25, 0.3) is 0 Å². The molecule has 0 atom stereocenters. The summed E-state index contributed by atoms with van der Waals surface area (Å²) in [5.41, 5.74) is 6.15. The topological polar surface area (TPSA) is 68.3 Å². The highest BCUT2D eigenvalue weighted by Crippen LogP contribution is 2.09. The van der Waals surface area contributed by atoms with Gasteiger partial charge in [-0.3, -0.25) is 14.8 Å². The zero-order valence-electron chi connectivity index (χ0n) is 6.92. The lowest BCUT2D eigenvalue weighted by Gasteiger charge is -1.91. The number of nitrogens with zero attached hydrogens (tertiary/aromatic N) is 2. The number of nitrogens with two attached hydrogens (primary N) is 1. The van der Waals surface area contributed by atoms with E-state index in [-0.39, 0.29) is 0 Å². The van der Waals surface area contributed by atoms with Crippen LogP contribution in [0.15, 0.2) is 35.6 Å². The molecular weight excluding hydrogens is 166 g/mol. The van der Waals surface area contributed by atoms with Gasteiger partial charge in [0.2, 0.25) is 0 Å². The lowest BCUT2D eigenvalue weighted by molar-refractivity contribution is 0.111. The third kappa shape index (κ3) is 2.86. The van der Waals surface area contributed by atoms with Crippen molar-refractivity contribution < 1.29 is 4.79 Å². The standard InChI is InChI=1S/C9H9N3O/c10-3-1-4-11-8-2-5-12-9(6-8)7-13/h1-7H,10H2. The normalized spacial score (nSPS) is 11.1. The van der Waals surface area contributed by atoms with Gasteiger partial charge in [0.05, 0.1) is 5.69 Å². The molecule has 0 unspecified atom stereocenters. The van der Waals surface area contributed by atoms with Crippen LogP contribution in [0.3, 0.4) is 0 Å². The molecule has 1 heterocycles. The van der Waals surface area contributed by atoms with E-state index < -0.39 is 0 Å². The van der Waals surface area contributed by atoms with Crippen molar-refractivity contribution in [2.45, 2.75) is 0 Å². The van der Waals surface area contributed by atoms with E-state index in [2.05, 4.69) is 9.98 Å². The number of allylic oxidation sites excluding steroid dienone is 1. The molecular formula is C9H9N3O. The summed E-state index contributed by atoms with van der Waals surface area (Å²) in [7, 11) is 0. The fourth-order valence-electron chi connectivity index (χ4n) is 0.760. The van der Waals surface area contributed by atoms with E-state index >= 15 is 0 Å². The van der Waals surface area contributed by atoms with Crippen molar-refractivity contribution in [2.75, 3.05) is 0 Å². The molecule has 1 aromatic rings. The van der Waals surface area contributed by atoms with Crippen LogP contribution in [0, 0.1) is 0 Å². The van der Waals surface area contributed by atoms with Crippen LogP contribution in [0.1, 0.15) is 10.5 Å². The molecule has 0 aliphatic heterocycles. The predicted octanol–water partition coefficient (Wildman–Crippen LogP) is 1.07. The van der Waals surface area contributed by atoms with Crippen LogP contribution < -0.4 is 5.73 Å². The van der Waals surface area contributed by atoms with E-state index in [9.17, 15) is 4.79 Å². The molecule has 0 radical (unpaired) electrons. The predicted molar refractivity (Wildman–Crippen MR) is 51.1 cm³/mol. The maximum Gasteiger partial charge on any atom is 0.168 e. The van der Waals surface area contributed by atoms with Gasteiger partial charge >= 0.3 is 0 Å². The Bertz CT molecular complexity index is 344. The maximum absolute atomic E-state index is 10.3. The summed E-state index contributed by atoms with van der Waals surface area (Å²) in [6.45, 7) is 0. The summed E-state index contributed by atoms with van der Waals surface area (Å²) in [5, 5.41) is 0. The van der Waals surface area contributed by atoms with Gasteiger partial charge in [-0.15, -0.1) is 0 Å². The lowest BCUT2D eigenvalue weighted by atomic mass is 10.3. The number of hydrogen-bond acceptors (Lipinski definition) is 4. The average molecular weight is 175 g/mol. The summed E-state index contributed by atoms with van der Waals surface area (Å²) in [5.74, 6) is 0. The van der Waals surface area contributed by atoms with Gasteiger partial charge < -0.3 is 5.73 Å². The van der Waals surface area contributed by atoms with Crippen LogP contribution in [-0.4, -0.2) is 17.5 Å². The Kier molecular flexibility index (Phi) is 3.38. The Balaban J connectivity index is 2.83. The van der Waals surface area contributed by atoms with E-state index in [1.165, 1.54) is 12.4 Å². The molecule has 13 heavy (non-hydrogen) atoms. The molecule has 2 N–H and O–H groups in total. The number of carbonyl (C=O) groups excluding carboxylic acids is 1. The second-order valence-electron chi connectivity index (χ2n) is 2.22. The highest BCUT2D eigenvalue weighted by atomic mass is 16.1. The monoisotopic (exact) mass is 175 g/mol. The molecule has 0 aliphatic carbocycles. The minimum absolute atomic E-state index is 0.367. The van der Waals surface area contributed by atoms with Gasteiger partial charge in [-0.2, -0.15) is 0 Å². The number of carbonyl (C=O) groups is 1. The summed E-state index contributed by atoms with van der Waals surface area (Å²) in [6, 6.07) is 3.29. The van der Waals surface area contributed by atoms with Crippen molar-refractivity contribution in [3.63, 3.8) is 0 Å². The first kappa shape index (κ1) is 9.12. The van der Waals surface area contributed by atoms with E-state index in [0.29, 0.717) is 17.7 Å². The van der Waals surface area contributed by atoms with Gasteiger partial charge in [-0.05, 0) is 24.4 Å². The quantitative estimate of drug-likeness (QED) is 0.551. The van der Waals surface area contributed by atoms with Crippen LogP contribution >= 0.6 is 0 Å². The average Bonchev–Trinajstić information content (AvgIpc) is 2.19. The number of aldehydes is 1. The Morgan fingerprint density at radius 3 is 3.08 bits per heavy atom. The Morgan fingerprint density at radius 2 is 2.38 bits per heavy atom. The highest BCUT2D eigenvalue weighted by Gasteiger charge is 1.91. The van der Waals surface area contributed by atoms with E-state index in [0.717, 1.165) is 0 Å². The molecule has 0 spiro atoms. The number of aromatic nitrogens is 1. The Labute approximate surface area is 75.8 Å². The van der Waals surface area contributed by atoms with Crippen molar-refractivity contribution in [3.8, 4) is 0 Å². The first-order valence-electron chi connectivity index (χ1n) is 3.69.